The van der Waals surface area contributed by atoms with Crippen LogP contribution in [0.15, 0.2) is 28.7 Å². The zero-order chi connectivity index (χ0) is 16.1. The lowest BCUT2D eigenvalue weighted by Crippen LogP contribution is -2.55. The lowest BCUT2D eigenvalue weighted by molar-refractivity contribution is 0.100. The van der Waals surface area contributed by atoms with Crippen molar-refractivity contribution in [3.8, 4) is 5.00 Å². The fourth-order valence-corrected chi connectivity index (χ4v) is 5.80. The molecule has 0 spiro atoms. The van der Waals surface area contributed by atoms with E-state index in [1.807, 2.05) is 13.8 Å². The molecule has 9 heteroatoms. The zero-order valence-electron chi connectivity index (χ0n) is 12.2. The molecule has 0 radical (unpaired) electrons. The summed E-state index contributed by atoms with van der Waals surface area (Å²) >= 11 is 1.00. The summed E-state index contributed by atoms with van der Waals surface area (Å²) in [5, 5.41) is 4.45. The quantitative estimate of drug-likeness (QED) is 0.900. The highest BCUT2D eigenvalue weighted by Crippen LogP contribution is 2.37. The van der Waals surface area contributed by atoms with E-state index in [2.05, 4.69) is 5.10 Å². The Morgan fingerprint density at radius 3 is 2.59 bits per heavy atom. The Balaban J connectivity index is 2.02. The van der Waals surface area contributed by atoms with E-state index in [4.69, 9.17) is 5.73 Å². The molecule has 7 nitrogen and oxygen atoms in total. The number of nitrogens with zero attached hydrogens (tertiary/aromatic N) is 3. The van der Waals surface area contributed by atoms with Crippen molar-refractivity contribution >= 4 is 27.3 Å². The van der Waals surface area contributed by atoms with Gasteiger partial charge in [-0.25, -0.2) is 13.1 Å². The van der Waals surface area contributed by atoms with E-state index in [0.717, 1.165) is 11.3 Å². The number of carbonyl (C=O) groups is 1. The first-order valence-corrected chi connectivity index (χ1v) is 8.90. The van der Waals surface area contributed by atoms with Gasteiger partial charge in [0.1, 0.15) is 9.21 Å². The van der Waals surface area contributed by atoms with E-state index in [1.165, 1.54) is 15.1 Å². The molecule has 0 bridgehead atoms. The fraction of sp³-hybridized carbons (Fsp3) is 0.385. The van der Waals surface area contributed by atoms with Crippen LogP contribution in [-0.4, -0.2) is 41.5 Å². The third-order valence-corrected chi connectivity index (χ3v) is 6.84. The number of hydrogen-bond acceptors (Lipinski definition) is 5. The van der Waals surface area contributed by atoms with E-state index in [1.54, 1.807) is 18.5 Å². The van der Waals surface area contributed by atoms with E-state index in [9.17, 15) is 13.2 Å². The van der Waals surface area contributed by atoms with Crippen LogP contribution in [0, 0.1) is 5.41 Å². The second-order valence-electron chi connectivity index (χ2n) is 6.04. The van der Waals surface area contributed by atoms with Gasteiger partial charge in [0.15, 0.2) is 0 Å². The Labute approximate surface area is 132 Å². The van der Waals surface area contributed by atoms with Gasteiger partial charge in [-0.15, -0.1) is 11.3 Å². The maximum atomic E-state index is 12.6. The maximum absolute atomic E-state index is 12.6. The van der Waals surface area contributed by atoms with E-state index in [0.29, 0.717) is 18.1 Å². The van der Waals surface area contributed by atoms with Crippen LogP contribution in [-0.2, 0) is 10.0 Å². The van der Waals surface area contributed by atoms with Gasteiger partial charge in [0, 0.05) is 25.5 Å². The molecule has 0 atom stereocenters. The molecule has 1 aliphatic rings. The first kappa shape index (κ1) is 15.2. The molecule has 0 aromatic carbocycles. The highest BCUT2D eigenvalue weighted by atomic mass is 32.2. The molecule has 1 fully saturated rings. The number of rotatable bonds is 4. The van der Waals surface area contributed by atoms with Crippen LogP contribution in [0.2, 0.25) is 0 Å². The zero-order valence-corrected chi connectivity index (χ0v) is 13.8. The molecule has 1 saturated heterocycles. The highest BCUT2D eigenvalue weighted by Gasteiger charge is 2.43. The highest BCUT2D eigenvalue weighted by molar-refractivity contribution is 7.91. The molecule has 22 heavy (non-hydrogen) atoms. The van der Waals surface area contributed by atoms with Crippen LogP contribution in [0.1, 0.15) is 24.2 Å². The van der Waals surface area contributed by atoms with Crippen molar-refractivity contribution in [2.75, 3.05) is 13.1 Å². The van der Waals surface area contributed by atoms with Gasteiger partial charge < -0.3 is 5.73 Å². The molecule has 3 heterocycles. The van der Waals surface area contributed by atoms with E-state index < -0.39 is 15.9 Å². The summed E-state index contributed by atoms with van der Waals surface area (Å²) in [6.07, 6.45) is 3.19. The SMILES string of the molecule is CC1(C)CN(S(=O)(=O)c2cc(C(N)=O)c(-n3cccn3)s2)C1. The van der Waals surface area contributed by atoms with Gasteiger partial charge in [0.25, 0.3) is 15.9 Å². The Bertz CT molecular complexity index is 814. The number of amides is 1. The molecule has 2 N–H and O–H groups in total. The van der Waals surface area contributed by atoms with Gasteiger partial charge in [-0.05, 0) is 17.5 Å². The lowest BCUT2D eigenvalue weighted by Gasteiger charge is -2.44. The average molecular weight is 340 g/mol. The number of sulfonamides is 1. The molecule has 2 aromatic heterocycles. The molecular weight excluding hydrogens is 324 g/mol. The second-order valence-corrected chi connectivity index (χ2v) is 9.23. The summed E-state index contributed by atoms with van der Waals surface area (Å²) in [6, 6.07) is 3.03. The predicted octanol–water partition coefficient (Wildman–Crippen LogP) is 1.06. The van der Waals surface area contributed by atoms with Crippen molar-refractivity contribution in [2.24, 2.45) is 11.1 Å². The van der Waals surface area contributed by atoms with Crippen LogP contribution >= 0.6 is 11.3 Å². The topological polar surface area (TPSA) is 98.3 Å². The number of carbonyl (C=O) groups excluding carboxylic acids is 1. The number of hydrogen-bond donors (Lipinski definition) is 1. The van der Waals surface area contributed by atoms with Crippen LogP contribution in [0.25, 0.3) is 5.00 Å². The molecule has 1 amide bonds. The Kier molecular flexibility index (Phi) is 3.38. The molecule has 2 aromatic rings. The molecule has 0 aliphatic carbocycles. The molecule has 3 rings (SSSR count). The predicted molar refractivity (Wildman–Crippen MR) is 82.5 cm³/mol. The van der Waals surface area contributed by atoms with Gasteiger partial charge in [-0.1, -0.05) is 13.8 Å². The normalized spacial score (nSPS) is 18.1. The largest absolute Gasteiger partial charge is 0.366 e. The molecule has 118 valence electrons. The van der Waals surface area contributed by atoms with Gasteiger partial charge >= 0.3 is 0 Å². The van der Waals surface area contributed by atoms with Crippen molar-refractivity contribution in [1.29, 1.82) is 0 Å². The smallest absolute Gasteiger partial charge is 0.252 e. The number of primary amides is 1. The summed E-state index contributed by atoms with van der Waals surface area (Å²) in [5.74, 6) is -0.674. The van der Waals surface area contributed by atoms with E-state index >= 15 is 0 Å². The lowest BCUT2D eigenvalue weighted by atomic mass is 9.87. The van der Waals surface area contributed by atoms with Crippen LogP contribution < -0.4 is 5.73 Å². The van der Waals surface area contributed by atoms with Gasteiger partial charge in [0.05, 0.1) is 5.56 Å². The van der Waals surface area contributed by atoms with E-state index in [-0.39, 0.29) is 15.2 Å². The summed E-state index contributed by atoms with van der Waals surface area (Å²) in [6.45, 7) is 4.96. The summed E-state index contributed by atoms with van der Waals surface area (Å²) in [7, 11) is -3.60. The Hall–Kier alpha value is -1.71. The maximum Gasteiger partial charge on any atom is 0.252 e. The Morgan fingerprint density at radius 1 is 1.41 bits per heavy atom. The number of aromatic nitrogens is 2. The van der Waals surface area contributed by atoms with Crippen LogP contribution in [0.5, 0.6) is 0 Å². The van der Waals surface area contributed by atoms with Crippen LogP contribution in [0.3, 0.4) is 0 Å². The van der Waals surface area contributed by atoms with Crippen LogP contribution in [0.4, 0.5) is 0 Å². The second kappa shape index (κ2) is 4.90. The first-order chi connectivity index (χ1) is 10.2. The Morgan fingerprint density at radius 2 is 2.09 bits per heavy atom. The van der Waals surface area contributed by atoms with Crippen molar-refractivity contribution < 1.29 is 13.2 Å². The van der Waals surface area contributed by atoms with Crippen molar-refractivity contribution in [3.05, 3.63) is 30.1 Å². The standard InChI is InChI=1S/C13H16N4O3S2/c1-13(2)7-16(8-13)22(19,20)10-6-9(11(14)18)12(21-10)17-5-3-4-15-17/h3-6H,7-8H2,1-2H3,(H2,14,18). The minimum absolute atomic E-state index is 0.0122. The first-order valence-electron chi connectivity index (χ1n) is 6.64. The van der Waals surface area contributed by atoms with Gasteiger partial charge in [0.2, 0.25) is 0 Å². The molecule has 0 unspecified atom stereocenters. The third-order valence-electron chi connectivity index (χ3n) is 3.47. The third kappa shape index (κ3) is 2.44. The number of thiophene rings is 1. The minimum atomic E-state index is -3.60. The average Bonchev–Trinajstić information content (AvgIpc) is 3.04. The summed E-state index contributed by atoms with van der Waals surface area (Å²) < 4.78 is 28.2. The molecule has 0 saturated carbocycles. The fourth-order valence-electron chi connectivity index (χ4n) is 2.43. The van der Waals surface area contributed by atoms with Crippen molar-refractivity contribution in [3.63, 3.8) is 0 Å². The van der Waals surface area contributed by atoms with Gasteiger partial charge in [-0.3, -0.25) is 4.79 Å². The number of nitrogens with two attached hydrogens (primary N) is 1. The molecule has 1 aliphatic heterocycles. The minimum Gasteiger partial charge on any atom is -0.366 e. The molecular formula is C13H16N4O3S2. The van der Waals surface area contributed by atoms with Gasteiger partial charge in [-0.2, -0.15) is 9.40 Å². The summed E-state index contributed by atoms with van der Waals surface area (Å²) in [5.41, 5.74) is 5.51. The van der Waals surface area contributed by atoms with Crippen molar-refractivity contribution in [2.45, 2.75) is 18.1 Å². The monoisotopic (exact) mass is 340 g/mol. The van der Waals surface area contributed by atoms with Crippen molar-refractivity contribution in [1.82, 2.24) is 14.1 Å². The summed E-state index contributed by atoms with van der Waals surface area (Å²) in [4.78, 5) is 11.6.